The van der Waals surface area contributed by atoms with E-state index in [1.54, 1.807) is 12.1 Å². The number of nitrogens with zero attached hydrogens (tertiary/aromatic N) is 2. The zero-order chi connectivity index (χ0) is 21.1. The molecule has 0 unspecified atom stereocenters. The number of carbonyl (C=O) groups is 1. The Labute approximate surface area is 175 Å². The van der Waals surface area contributed by atoms with Gasteiger partial charge in [-0.1, -0.05) is 49.7 Å². The molecule has 0 aliphatic carbocycles. The molecule has 0 fully saturated rings. The summed E-state index contributed by atoms with van der Waals surface area (Å²) in [5, 5.41) is 11.3. The van der Waals surface area contributed by atoms with Gasteiger partial charge < -0.3 is 9.73 Å². The van der Waals surface area contributed by atoms with Crippen LogP contribution in [0.4, 0.5) is 5.69 Å². The first-order valence-electron chi connectivity index (χ1n) is 9.92. The van der Waals surface area contributed by atoms with Crippen LogP contribution in [0.2, 0.25) is 0 Å². The van der Waals surface area contributed by atoms with Gasteiger partial charge >= 0.3 is 0 Å². The van der Waals surface area contributed by atoms with Crippen LogP contribution in [-0.4, -0.2) is 16.1 Å². The molecule has 0 atom stereocenters. The minimum Gasteiger partial charge on any atom is -0.416 e. The summed E-state index contributed by atoms with van der Waals surface area (Å²) >= 11 is 0. The van der Waals surface area contributed by atoms with Gasteiger partial charge in [-0.3, -0.25) is 4.79 Å². The largest absolute Gasteiger partial charge is 0.416 e. The fourth-order valence-corrected chi connectivity index (χ4v) is 3.31. The minimum atomic E-state index is -0.152. The maximum atomic E-state index is 12.7. The Bertz CT molecular complexity index is 1180. The lowest BCUT2D eigenvalue weighted by Gasteiger charge is -2.13. The quantitative estimate of drug-likeness (QED) is 0.443. The molecule has 1 N–H and O–H groups in total. The Morgan fingerprint density at radius 2 is 1.57 bits per heavy atom. The van der Waals surface area contributed by atoms with Crippen molar-refractivity contribution in [3.05, 3.63) is 89.5 Å². The number of nitrogens with one attached hydrogen (secondary N) is 1. The van der Waals surface area contributed by atoms with Crippen LogP contribution in [-0.2, 0) is 0 Å². The molecule has 0 spiro atoms. The molecule has 1 amide bonds. The van der Waals surface area contributed by atoms with Crippen molar-refractivity contribution in [1.82, 2.24) is 10.2 Å². The summed E-state index contributed by atoms with van der Waals surface area (Å²) in [5.41, 5.74) is 5.28. The van der Waals surface area contributed by atoms with E-state index >= 15 is 0 Å². The van der Waals surface area contributed by atoms with Crippen molar-refractivity contribution in [1.29, 1.82) is 0 Å². The van der Waals surface area contributed by atoms with Crippen LogP contribution < -0.4 is 5.32 Å². The van der Waals surface area contributed by atoms with E-state index in [1.165, 1.54) is 0 Å². The fraction of sp³-hybridized carbons (Fsp3) is 0.160. The van der Waals surface area contributed by atoms with E-state index in [0.717, 1.165) is 27.9 Å². The van der Waals surface area contributed by atoms with Gasteiger partial charge in [0.05, 0.1) is 0 Å². The van der Waals surface area contributed by atoms with Gasteiger partial charge in [0.2, 0.25) is 11.8 Å². The molecule has 4 rings (SSSR count). The highest BCUT2D eigenvalue weighted by Gasteiger charge is 2.13. The SMILES string of the molecule is Cc1cccc(-c2nnc(-c3ccc(C(=O)Nc4ccccc4C(C)C)cc3)o2)c1. The molecule has 3 aromatic carbocycles. The molecule has 5 heteroatoms. The molecule has 0 bridgehead atoms. The number of benzene rings is 3. The summed E-state index contributed by atoms with van der Waals surface area (Å²) < 4.78 is 5.83. The lowest BCUT2D eigenvalue weighted by molar-refractivity contribution is 0.102. The second-order valence-electron chi connectivity index (χ2n) is 7.56. The van der Waals surface area contributed by atoms with Crippen molar-refractivity contribution in [3.63, 3.8) is 0 Å². The average Bonchev–Trinajstić information content (AvgIpc) is 3.24. The zero-order valence-electron chi connectivity index (χ0n) is 17.2. The van der Waals surface area contributed by atoms with E-state index in [4.69, 9.17) is 4.42 Å². The van der Waals surface area contributed by atoms with E-state index in [9.17, 15) is 4.79 Å². The fourth-order valence-electron chi connectivity index (χ4n) is 3.31. The lowest BCUT2D eigenvalue weighted by Crippen LogP contribution is -2.13. The van der Waals surface area contributed by atoms with Gasteiger partial charge in [-0.15, -0.1) is 10.2 Å². The van der Waals surface area contributed by atoms with E-state index in [1.807, 2.05) is 67.6 Å². The van der Waals surface area contributed by atoms with E-state index in [0.29, 0.717) is 23.3 Å². The highest BCUT2D eigenvalue weighted by Crippen LogP contribution is 2.26. The van der Waals surface area contributed by atoms with E-state index < -0.39 is 0 Å². The van der Waals surface area contributed by atoms with Gasteiger partial charge in [-0.25, -0.2) is 0 Å². The molecule has 0 saturated carbocycles. The third-order valence-corrected chi connectivity index (χ3v) is 4.92. The Morgan fingerprint density at radius 1 is 0.867 bits per heavy atom. The first-order valence-corrected chi connectivity index (χ1v) is 9.92. The summed E-state index contributed by atoms with van der Waals surface area (Å²) in [4.78, 5) is 12.7. The summed E-state index contributed by atoms with van der Waals surface area (Å²) in [5.74, 6) is 1.06. The number of amides is 1. The van der Waals surface area contributed by atoms with Crippen LogP contribution in [0.3, 0.4) is 0 Å². The van der Waals surface area contributed by atoms with Crippen LogP contribution in [0, 0.1) is 6.92 Å². The van der Waals surface area contributed by atoms with Crippen LogP contribution in [0.5, 0.6) is 0 Å². The summed E-state index contributed by atoms with van der Waals surface area (Å²) in [6, 6.07) is 22.9. The molecule has 0 aliphatic heterocycles. The van der Waals surface area contributed by atoms with Crippen molar-refractivity contribution in [3.8, 4) is 22.9 Å². The van der Waals surface area contributed by atoms with E-state index in [2.05, 4.69) is 29.4 Å². The predicted octanol–water partition coefficient (Wildman–Crippen LogP) is 6.09. The monoisotopic (exact) mass is 397 g/mol. The first kappa shape index (κ1) is 19.6. The van der Waals surface area contributed by atoms with Gasteiger partial charge in [0.1, 0.15) is 0 Å². The molecule has 0 aliphatic rings. The molecule has 4 aromatic rings. The third kappa shape index (κ3) is 4.15. The van der Waals surface area contributed by atoms with Gasteiger partial charge in [-0.05, 0) is 60.9 Å². The number of aryl methyl sites for hydroxylation is 1. The Kier molecular flexibility index (Phi) is 5.44. The maximum Gasteiger partial charge on any atom is 0.255 e. The highest BCUT2D eigenvalue weighted by molar-refractivity contribution is 6.04. The number of carbonyl (C=O) groups excluding carboxylic acids is 1. The number of para-hydroxylation sites is 1. The van der Waals surface area contributed by atoms with Gasteiger partial charge in [0.15, 0.2) is 0 Å². The molecule has 30 heavy (non-hydrogen) atoms. The molecule has 1 heterocycles. The topological polar surface area (TPSA) is 68.0 Å². The molecule has 0 saturated heterocycles. The Balaban J connectivity index is 1.52. The zero-order valence-corrected chi connectivity index (χ0v) is 17.2. The van der Waals surface area contributed by atoms with Crippen molar-refractivity contribution in [2.24, 2.45) is 0 Å². The highest BCUT2D eigenvalue weighted by atomic mass is 16.4. The second kappa shape index (κ2) is 8.33. The lowest BCUT2D eigenvalue weighted by atomic mass is 10.0. The van der Waals surface area contributed by atoms with Crippen molar-refractivity contribution < 1.29 is 9.21 Å². The number of anilines is 1. The van der Waals surface area contributed by atoms with Crippen LogP contribution in [0.1, 0.15) is 41.3 Å². The Morgan fingerprint density at radius 3 is 2.27 bits per heavy atom. The van der Waals surface area contributed by atoms with Gasteiger partial charge in [0.25, 0.3) is 5.91 Å². The van der Waals surface area contributed by atoms with Crippen LogP contribution in [0.25, 0.3) is 22.9 Å². The summed E-state index contributed by atoms with van der Waals surface area (Å²) in [6.45, 7) is 6.23. The first-order chi connectivity index (χ1) is 14.5. The van der Waals surface area contributed by atoms with Gasteiger partial charge in [0, 0.05) is 22.4 Å². The number of rotatable bonds is 5. The third-order valence-electron chi connectivity index (χ3n) is 4.92. The smallest absolute Gasteiger partial charge is 0.255 e. The summed E-state index contributed by atoms with van der Waals surface area (Å²) in [7, 11) is 0. The normalized spacial score (nSPS) is 10.9. The molecule has 150 valence electrons. The molecule has 0 radical (unpaired) electrons. The molecule has 1 aromatic heterocycles. The average molecular weight is 397 g/mol. The number of hydrogen-bond donors (Lipinski definition) is 1. The standard InChI is InChI=1S/C25H23N3O2/c1-16(2)21-9-4-5-10-22(21)26-23(29)18-11-13-19(14-12-18)24-27-28-25(30-24)20-8-6-7-17(3)15-20/h4-16H,1-3H3,(H,26,29). The number of aromatic nitrogens is 2. The van der Waals surface area contributed by atoms with Crippen molar-refractivity contribution in [2.45, 2.75) is 26.7 Å². The van der Waals surface area contributed by atoms with Gasteiger partial charge in [-0.2, -0.15) is 0 Å². The van der Waals surface area contributed by atoms with E-state index in [-0.39, 0.29) is 5.91 Å². The number of hydrogen-bond acceptors (Lipinski definition) is 4. The van der Waals surface area contributed by atoms with Crippen molar-refractivity contribution in [2.75, 3.05) is 5.32 Å². The minimum absolute atomic E-state index is 0.152. The molecule has 5 nitrogen and oxygen atoms in total. The molecular formula is C25H23N3O2. The second-order valence-corrected chi connectivity index (χ2v) is 7.56. The predicted molar refractivity (Wildman–Crippen MR) is 118 cm³/mol. The van der Waals surface area contributed by atoms with Crippen LogP contribution >= 0.6 is 0 Å². The molecular weight excluding hydrogens is 374 g/mol. The summed E-state index contributed by atoms with van der Waals surface area (Å²) in [6.07, 6.45) is 0. The maximum absolute atomic E-state index is 12.7. The van der Waals surface area contributed by atoms with Crippen molar-refractivity contribution >= 4 is 11.6 Å². The Hall–Kier alpha value is -3.73. The van der Waals surface area contributed by atoms with Crippen LogP contribution in [0.15, 0.2) is 77.2 Å².